The zero-order valence-electron chi connectivity index (χ0n) is 9.19. The Morgan fingerprint density at radius 3 is 3.18 bits per heavy atom. The van der Waals surface area contributed by atoms with Gasteiger partial charge in [0.05, 0.1) is 10.7 Å². The second-order valence-electron chi connectivity index (χ2n) is 4.22. The summed E-state index contributed by atoms with van der Waals surface area (Å²) in [5, 5.41) is 3.83. The van der Waals surface area contributed by atoms with Crippen molar-refractivity contribution in [3.63, 3.8) is 0 Å². The molecule has 1 unspecified atom stereocenters. The van der Waals surface area contributed by atoms with E-state index < -0.39 is 0 Å². The lowest BCUT2D eigenvalue weighted by atomic mass is 10.1. The van der Waals surface area contributed by atoms with E-state index in [1.54, 1.807) is 24.4 Å². The molecule has 88 valence electrons. The minimum absolute atomic E-state index is 0.0822. The average Bonchev–Trinajstić information content (AvgIpc) is 2.84. The van der Waals surface area contributed by atoms with Crippen LogP contribution in [-0.2, 0) is 0 Å². The SMILES string of the molecule is O=c1cc(C2CCCN2)nc2c(Cl)cccn12. The maximum Gasteiger partial charge on any atom is 0.258 e. The minimum Gasteiger partial charge on any atom is -0.309 e. The van der Waals surface area contributed by atoms with Crippen molar-refractivity contribution in [1.82, 2.24) is 14.7 Å². The van der Waals surface area contributed by atoms with Crippen molar-refractivity contribution < 1.29 is 0 Å². The summed E-state index contributed by atoms with van der Waals surface area (Å²) in [7, 11) is 0. The van der Waals surface area contributed by atoms with Crippen LogP contribution in [0.25, 0.3) is 5.65 Å². The van der Waals surface area contributed by atoms with Crippen molar-refractivity contribution >= 4 is 17.2 Å². The van der Waals surface area contributed by atoms with Crippen molar-refractivity contribution in [3.05, 3.63) is 45.5 Å². The Bertz CT molecular complexity index is 617. The second-order valence-corrected chi connectivity index (χ2v) is 4.63. The minimum atomic E-state index is -0.0822. The molecule has 2 aromatic heterocycles. The molecule has 0 radical (unpaired) electrons. The first kappa shape index (κ1) is 10.7. The Kier molecular flexibility index (Phi) is 2.61. The Hall–Kier alpha value is -1.39. The number of pyridine rings is 1. The van der Waals surface area contributed by atoms with Gasteiger partial charge in [-0.3, -0.25) is 9.20 Å². The number of rotatable bonds is 1. The monoisotopic (exact) mass is 249 g/mol. The molecule has 17 heavy (non-hydrogen) atoms. The molecule has 1 fully saturated rings. The number of halogens is 1. The fourth-order valence-corrected chi connectivity index (χ4v) is 2.43. The highest BCUT2D eigenvalue weighted by molar-refractivity contribution is 6.33. The molecule has 1 atom stereocenters. The van der Waals surface area contributed by atoms with Crippen molar-refractivity contribution in [2.45, 2.75) is 18.9 Å². The van der Waals surface area contributed by atoms with E-state index in [0.717, 1.165) is 25.1 Å². The molecule has 1 aliphatic heterocycles. The lowest BCUT2D eigenvalue weighted by molar-refractivity contribution is 0.626. The molecule has 0 spiro atoms. The summed E-state index contributed by atoms with van der Waals surface area (Å²) < 4.78 is 1.47. The van der Waals surface area contributed by atoms with E-state index in [2.05, 4.69) is 10.3 Å². The average molecular weight is 250 g/mol. The zero-order valence-corrected chi connectivity index (χ0v) is 9.94. The molecule has 3 heterocycles. The molecule has 0 saturated carbocycles. The number of aromatic nitrogens is 2. The van der Waals surface area contributed by atoms with Gasteiger partial charge in [0.25, 0.3) is 5.56 Å². The van der Waals surface area contributed by atoms with Crippen LogP contribution < -0.4 is 10.9 Å². The first-order valence-corrected chi connectivity index (χ1v) is 6.05. The molecule has 1 saturated heterocycles. The van der Waals surface area contributed by atoms with Crippen LogP contribution in [-0.4, -0.2) is 15.9 Å². The highest BCUT2D eigenvalue weighted by Gasteiger charge is 2.19. The fraction of sp³-hybridized carbons (Fsp3) is 0.333. The van der Waals surface area contributed by atoms with Crippen LogP contribution >= 0.6 is 11.6 Å². The molecular weight excluding hydrogens is 238 g/mol. The van der Waals surface area contributed by atoms with Gasteiger partial charge in [0.1, 0.15) is 0 Å². The first-order chi connectivity index (χ1) is 8.25. The molecule has 0 amide bonds. The third-order valence-electron chi connectivity index (χ3n) is 3.08. The van der Waals surface area contributed by atoms with Crippen LogP contribution in [0, 0.1) is 0 Å². The van der Waals surface area contributed by atoms with Crippen LogP contribution in [0.3, 0.4) is 0 Å². The smallest absolute Gasteiger partial charge is 0.258 e. The molecule has 0 aliphatic carbocycles. The maximum absolute atomic E-state index is 11.9. The van der Waals surface area contributed by atoms with Gasteiger partial charge in [-0.2, -0.15) is 0 Å². The molecule has 1 aliphatic rings. The van der Waals surface area contributed by atoms with E-state index in [1.165, 1.54) is 4.40 Å². The van der Waals surface area contributed by atoms with E-state index in [9.17, 15) is 4.79 Å². The van der Waals surface area contributed by atoms with E-state index in [-0.39, 0.29) is 11.6 Å². The van der Waals surface area contributed by atoms with E-state index >= 15 is 0 Å². The maximum atomic E-state index is 11.9. The van der Waals surface area contributed by atoms with Gasteiger partial charge >= 0.3 is 0 Å². The Morgan fingerprint density at radius 2 is 2.41 bits per heavy atom. The molecule has 2 aromatic rings. The second kappa shape index (κ2) is 4.13. The molecule has 5 heteroatoms. The topological polar surface area (TPSA) is 46.4 Å². The van der Waals surface area contributed by atoms with Crippen LogP contribution in [0.1, 0.15) is 24.6 Å². The van der Waals surface area contributed by atoms with Crippen LogP contribution in [0.2, 0.25) is 5.02 Å². The molecule has 4 nitrogen and oxygen atoms in total. The van der Waals surface area contributed by atoms with Gasteiger partial charge in [-0.25, -0.2) is 4.98 Å². The fourth-order valence-electron chi connectivity index (χ4n) is 2.23. The normalized spacial score (nSPS) is 19.9. The van der Waals surface area contributed by atoms with Crippen LogP contribution in [0.15, 0.2) is 29.2 Å². The number of fused-ring (bicyclic) bond motifs is 1. The van der Waals surface area contributed by atoms with Gasteiger partial charge in [-0.15, -0.1) is 0 Å². The lowest BCUT2D eigenvalue weighted by Crippen LogP contribution is -2.21. The van der Waals surface area contributed by atoms with Gasteiger partial charge in [-0.05, 0) is 31.5 Å². The van der Waals surface area contributed by atoms with Crippen molar-refractivity contribution in [2.24, 2.45) is 0 Å². The van der Waals surface area contributed by atoms with E-state index in [4.69, 9.17) is 11.6 Å². The third-order valence-corrected chi connectivity index (χ3v) is 3.38. The number of nitrogens with zero attached hydrogens (tertiary/aromatic N) is 2. The van der Waals surface area contributed by atoms with Crippen LogP contribution in [0.4, 0.5) is 0 Å². The van der Waals surface area contributed by atoms with Crippen molar-refractivity contribution in [1.29, 1.82) is 0 Å². The van der Waals surface area contributed by atoms with Crippen molar-refractivity contribution in [3.8, 4) is 0 Å². The number of hydrogen-bond acceptors (Lipinski definition) is 3. The Morgan fingerprint density at radius 1 is 1.53 bits per heavy atom. The summed E-state index contributed by atoms with van der Waals surface area (Å²) in [5.41, 5.74) is 1.24. The summed E-state index contributed by atoms with van der Waals surface area (Å²) in [6, 6.07) is 5.26. The third kappa shape index (κ3) is 1.83. The van der Waals surface area contributed by atoms with E-state index in [1.807, 2.05) is 0 Å². The standard InChI is InChI=1S/C12H12ClN3O/c13-8-3-2-6-16-11(17)7-10(15-12(8)16)9-4-1-5-14-9/h2-3,6-7,9,14H,1,4-5H2. The van der Waals surface area contributed by atoms with Gasteiger partial charge in [0, 0.05) is 18.3 Å². The van der Waals surface area contributed by atoms with Gasteiger partial charge in [0.2, 0.25) is 0 Å². The summed E-state index contributed by atoms with van der Waals surface area (Å²) in [6.45, 7) is 0.980. The van der Waals surface area contributed by atoms with E-state index in [0.29, 0.717) is 10.7 Å². The Labute approximate surface area is 103 Å². The van der Waals surface area contributed by atoms with Gasteiger partial charge in [-0.1, -0.05) is 11.6 Å². The summed E-state index contributed by atoms with van der Waals surface area (Å²) >= 11 is 6.07. The van der Waals surface area contributed by atoms with Crippen molar-refractivity contribution in [2.75, 3.05) is 6.54 Å². The predicted octanol–water partition coefficient (Wildman–Crippen LogP) is 1.77. The lowest BCUT2D eigenvalue weighted by Gasteiger charge is -2.10. The van der Waals surface area contributed by atoms with Crippen LogP contribution in [0.5, 0.6) is 0 Å². The number of nitrogens with one attached hydrogen (secondary N) is 1. The zero-order chi connectivity index (χ0) is 11.8. The quantitative estimate of drug-likeness (QED) is 0.838. The van der Waals surface area contributed by atoms with Gasteiger partial charge < -0.3 is 5.32 Å². The predicted molar refractivity (Wildman–Crippen MR) is 66.4 cm³/mol. The molecular formula is C12H12ClN3O. The summed E-state index contributed by atoms with van der Waals surface area (Å²) in [4.78, 5) is 16.4. The highest BCUT2D eigenvalue weighted by atomic mass is 35.5. The van der Waals surface area contributed by atoms with Gasteiger partial charge in [0.15, 0.2) is 5.65 Å². The number of hydrogen-bond donors (Lipinski definition) is 1. The summed E-state index contributed by atoms with van der Waals surface area (Å²) in [5.74, 6) is 0. The molecule has 0 aromatic carbocycles. The first-order valence-electron chi connectivity index (χ1n) is 5.67. The molecule has 0 bridgehead atoms. The highest BCUT2D eigenvalue weighted by Crippen LogP contribution is 2.22. The molecule has 1 N–H and O–H groups in total. The molecule has 3 rings (SSSR count). The Balaban J connectivity index is 2.22. The summed E-state index contributed by atoms with van der Waals surface area (Å²) in [6.07, 6.45) is 3.82. The largest absolute Gasteiger partial charge is 0.309 e.